The molecular formula is C14H22KO. The van der Waals surface area contributed by atoms with E-state index in [1.807, 2.05) is 18.2 Å². The number of benzene rings is 1. The van der Waals surface area contributed by atoms with E-state index in [1.54, 1.807) is 6.07 Å². The minimum Gasteiger partial charge on any atom is -0.508 e. The van der Waals surface area contributed by atoms with Crippen LogP contribution in [0.25, 0.3) is 0 Å². The number of aromatic hydroxyl groups is 1. The molecule has 0 saturated carbocycles. The van der Waals surface area contributed by atoms with Crippen LogP contribution in [0, 0.1) is 0 Å². The van der Waals surface area contributed by atoms with Crippen molar-refractivity contribution in [3.63, 3.8) is 0 Å². The van der Waals surface area contributed by atoms with Crippen LogP contribution in [0.5, 0.6) is 5.75 Å². The van der Waals surface area contributed by atoms with Gasteiger partial charge in [-0.3, -0.25) is 0 Å². The molecule has 0 aliphatic carbocycles. The van der Waals surface area contributed by atoms with Crippen LogP contribution in [-0.4, -0.2) is 56.5 Å². The molecule has 0 heterocycles. The van der Waals surface area contributed by atoms with Crippen molar-refractivity contribution in [3.8, 4) is 5.75 Å². The smallest absolute Gasteiger partial charge is 0.118 e. The average molecular weight is 245 g/mol. The zero-order valence-electron chi connectivity index (χ0n) is 10.7. The first-order chi connectivity index (χ1) is 7.34. The molecule has 0 bridgehead atoms. The Balaban J connectivity index is 0.00000225. The summed E-state index contributed by atoms with van der Waals surface area (Å²) in [6.07, 6.45) is 8.85. The van der Waals surface area contributed by atoms with Crippen molar-refractivity contribution in [2.45, 2.75) is 51.9 Å². The van der Waals surface area contributed by atoms with Gasteiger partial charge >= 0.3 is 0 Å². The fraction of sp³-hybridized carbons (Fsp3) is 0.571. The van der Waals surface area contributed by atoms with Crippen LogP contribution in [0.4, 0.5) is 0 Å². The average Bonchev–Trinajstić information content (AvgIpc) is 2.25. The molecule has 0 aliphatic rings. The third-order valence-electron chi connectivity index (χ3n) is 2.79. The molecule has 2 heteroatoms. The number of phenols is 1. The number of aryl methyl sites for hydroxylation is 1. The third kappa shape index (κ3) is 7.07. The van der Waals surface area contributed by atoms with E-state index < -0.39 is 0 Å². The van der Waals surface area contributed by atoms with Gasteiger partial charge in [0, 0.05) is 51.4 Å². The van der Waals surface area contributed by atoms with Crippen LogP contribution >= 0.6 is 0 Å². The number of para-hydroxylation sites is 1. The fourth-order valence-electron chi connectivity index (χ4n) is 1.82. The number of hydrogen-bond donors (Lipinski definition) is 1. The first kappa shape index (κ1) is 16.7. The minimum atomic E-state index is 0. The van der Waals surface area contributed by atoms with Crippen LogP contribution < -0.4 is 0 Å². The van der Waals surface area contributed by atoms with Crippen molar-refractivity contribution in [2.75, 3.05) is 0 Å². The number of unbranched alkanes of at least 4 members (excludes halogenated alkanes) is 5. The number of rotatable bonds is 7. The zero-order valence-corrected chi connectivity index (χ0v) is 13.8. The van der Waals surface area contributed by atoms with Gasteiger partial charge in [0.15, 0.2) is 0 Å². The summed E-state index contributed by atoms with van der Waals surface area (Å²) in [4.78, 5) is 0. The van der Waals surface area contributed by atoms with E-state index in [-0.39, 0.29) is 51.4 Å². The second kappa shape index (κ2) is 10.8. The van der Waals surface area contributed by atoms with Crippen molar-refractivity contribution in [2.24, 2.45) is 0 Å². The van der Waals surface area contributed by atoms with Crippen LogP contribution in [0.3, 0.4) is 0 Å². The normalized spacial score (nSPS) is 9.81. The van der Waals surface area contributed by atoms with E-state index in [4.69, 9.17) is 0 Å². The predicted octanol–water partition coefficient (Wildman–Crippen LogP) is 3.91. The van der Waals surface area contributed by atoms with Gasteiger partial charge in [-0.1, -0.05) is 57.2 Å². The van der Waals surface area contributed by atoms with E-state index in [2.05, 4.69) is 6.92 Å². The predicted molar refractivity (Wildman–Crippen MR) is 70.9 cm³/mol. The monoisotopic (exact) mass is 245 g/mol. The van der Waals surface area contributed by atoms with Gasteiger partial charge in [-0.2, -0.15) is 0 Å². The summed E-state index contributed by atoms with van der Waals surface area (Å²) in [7, 11) is 0. The topological polar surface area (TPSA) is 20.2 Å². The fourth-order valence-corrected chi connectivity index (χ4v) is 1.82. The van der Waals surface area contributed by atoms with E-state index in [1.165, 1.54) is 38.5 Å². The Morgan fingerprint density at radius 1 is 0.938 bits per heavy atom. The SMILES string of the molecule is CCCCCCCCc1ccccc1O.[K]. The summed E-state index contributed by atoms with van der Waals surface area (Å²) < 4.78 is 0. The molecule has 0 amide bonds. The van der Waals surface area contributed by atoms with Crippen LogP contribution in [0.1, 0.15) is 51.0 Å². The summed E-state index contributed by atoms with van der Waals surface area (Å²) >= 11 is 0. The van der Waals surface area contributed by atoms with Crippen molar-refractivity contribution >= 4 is 51.4 Å². The minimum absolute atomic E-state index is 0. The molecule has 1 nitrogen and oxygen atoms in total. The summed E-state index contributed by atoms with van der Waals surface area (Å²) in [6, 6.07) is 7.65. The van der Waals surface area contributed by atoms with Gasteiger partial charge in [0.1, 0.15) is 5.75 Å². The Kier molecular flexibility index (Phi) is 11.2. The van der Waals surface area contributed by atoms with E-state index in [0.29, 0.717) is 5.75 Å². The Labute approximate surface area is 142 Å². The van der Waals surface area contributed by atoms with Crippen molar-refractivity contribution in [3.05, 3.63) is 29.8 Å². The van der Waals surface area contributed by atoms with Crippen molar-refractivity contribution in [1.82, 2.24) is 0 Å². The van der Waals surface area contributed by atoms with Gasteiger partial charge in [0.05, 0.1) is 0 Å². The molecule has 0 unspecified atom stereocenters. The maximum Gasteiger partial charge on any atom is 0.118 e. The van der Waals surface area contributed by atoms with E-state index in [9.17, 15) is 5.11 Å². The van der Waals surface area contributed by atoms with Gasteiger partial charge in [-0.15, -0.1) is 0 Å². The Bertz CT molecular complexity index is 273. The Morgan fingerprint density at radius 3 is 2.25 bits per heavy atom. The summed E-state index contributed by atoms with van der Waals surface area (Å²) in [5.41, 5.74) is 1.09. The van der Waals surface area contributed by atoms with E-state index in [0.717, 1.165) is 12.0 Å². The molecular weight excluding hydrogens is 223 g/mol. The van der Waals surface area contributed by atoms with E-state index >= 15 is 0 Å². The largest absolute Gasteiger partial charge is 0.508 e. The molecule has 0 fully saturated rings. The van der Waals surface area contributed by atoms with Gasteiger partial charge < -0.3 is 5.11 Å². The third-order valence-corrected chi connectivity index (χ3v) is 2.79. The molecule has 85 valence electrons. The first-order valence-electron chi connectivity index (χ1n) is 6.11. The second-order valence-electron chi connectivity index (χ2n) is 4.15. The molecule has 0 aromatic heterocycles. The van der Waals surface area contributed by atoms with Gasteiger partial charge in [0.25, 0.3) is 0 Å². The summed E-state index contributed by atoms with van der Waals surface area (Å²) in [6.45, 7) is 2.24. The summed E-state index contributed by atoms with van der Waals surface area (Å²) in [5, 5.41) is 9.55. The summed E-state index contributed by atoms with van der Waals surface area (Å²) in [5.74, 6) is 0.450. The second-order valence-corrected chi connectivity index (χ2v) is 4.15. The molecule has 0 aliphatic heterocycles. The molecule has 1 aromatic carbocycles. The van der Waals surface area contributed by atoms with Crippen LogP contribution in [0.2, 0.25) is 0 Å². The standard InChI is InChI=1S/C14H22O.K/c1-2-3-4-5-6-7-10-13-11-8-9-12-14(13)15;/h8-9,11-12,15H,2-7,10H2,1H3;. The molecule has 16 heavy (non-hydrogen) atoms. The number of hydrogen-bond acceptors (Lipinski definition) is 1. The maximum absolute atomic E-state index is 9.55. The van der Waals surface area contributed by atoms with Gasteiger partial charge in [-0.25, -0.2) is 0 Å². The molecule has 0 atom stereocenters. The van der Waals surface area contributed by atoms with Crippen molar-refractivity contribution in [1.29, 1.82) is 0 Å². The first-order valence-corrected chi connectivity index (χ1v) is 6.11. The van der Waals surface area contributed by atoms with Gasteiger partial charge in [-0.05, 0) is 24.5 Å². The molecule has 1 N–H and O–H groups in total. The Hall–Kier alpha value is 0.656. The quantitative estimate of drug-likeness (QED) is 0.570. The van der Waals surface area contributed by atoms with Gasteiger partial charge in [0.2, 0.25) is 0 Å². The Morgan fingerprint density at radius 2 is 1.56 bits per heavy atom. The molecule has 0 spiro atoms. The van der Waals surface area contributed by atoms with Crippen LogP contribution in [-0.2, 0) is 6.42 Å². The van der Waals surface area contributed by atoms with Crippen molar-refractivity contribution < 1.29 is 5.11 Å². The number of phenolic OH excluding ortho intramolecular Hbond substituents is 1. The maximum atomic E-state index is 9.55. The molecule has 0 saturated heterocycles. The van der Waals surface area contributed by atoms with Crippen LogP contribution in [0.15, 0.2) is 24.3 Å². The molecule has 1 radical (unpaired) electrons. The zero-order chi connectivity index (χ0) is 10.9. The molecule has 1 aromatic rings. The molecule has 1 rings (SSSR count).